The van der Waals surface area contributed by atoms with E-state index in [4.69, 9.17) is 0 Å². The number of benzene rings is 1. The van der Waals surface area contributed by atoms with E-state index in [9.17, 15) is 4.79 Å². The van der Waals surface area contributed by atoms with Gasteiger partial charge in [-0.2, -0.15) is 0 Å². The van der Waals surface area contributed by atoms with E-state index >= 15 is 0 Å². The number of rotatable bonds is 2. The Balaban J connectivity index is 2.13. The lowest BCUT2D eigenvalue weighted by Gasteiger charge is -2.34. The summed E-state index contributed by atoms with van der Waals surface area (Å²) in [5.74, 6) is 0.659. The lowest BCUT2D eigenvalue weighted by Crippen LogP contribution is -2.52. The molecule has 0 aliphatic carbocycles. The van der Waals surface area contributed by atoms with Crippen LogP contribution >= 0.6 is 0 Å². The standard InChI is InChI=1S/C15H22N2O/c1-11(2)13-4-6-14(7-5-13)15(18)17-9-8-16-10-12(17)3/h4-7,11-12,16H,8-10H2,1-3H3. The Kier molecular flexibility index (Phi) is 4.02. The Morgan fingerprint density at radius 2 is 2.00 bits per heavy atom. The predicted molar refractivity (Wildman–Crippen MR) is 73.9 cm³/mol. The zero-order chi connectivity index (χ0) is 13.1. The van der Waals surface area contributed by atoms with E-state index < -0.39 is 0 Å². The summed E-state index contributed by atoms with van der Waals surface area (Å²) in [7, 11) is 0. The molecule has 98 valence electrons. The molecule has 1 unspecified atom stereocenters. The Bertz CT molecular complexity index is 411. The van der Waals surface area contributed by atoms with Gasteiger partial charge in [-0.05, 0) is 30.5 Å². The predicted octanol–water partition coefficient (Wildman–Crippen LogP) is 2.24. The van der Waals surface area contributed by atoms with Gasteiger partial charge in [-0.1, -0.05) is 26.0 Å². The molecular formula is C15H22N2O. The molecule has 1 N–H and O–H groups in total. The minimum absolute atomic E-state index is 0.152. The molecule has 0 radical (unpaired) electrons. The fourth-order valence-corrected chi connectivity index (χ4v) is 2.32. The third-order valence-electron chi connectivity index (χ3n) is 3.59. The van der Waals surface area contributed by atoms with E-state index in [0.717, 1.165) is 25.2 Å². The molecule has 18 heavy (non-hydrogen) atoms. The van der Waals surface area contributed by atoms with E-state index in [1.807, 2.05) is 17.0 Å². The zero-order valence-corrected chi connectivity index (χ0v) is 11.4. The molecule has 3 heteroatoms. The first-order valence-electron chi connectivity index (χ1n) is 6.71. The van der Waals surface area contributed by atoms with E-state index in [1.54, 1.807) is 0 Å². The van der Waals surface area contributed by atoms with Gasteiger partial charge >= 0.3 is 0 Å². The van der Waals surface area contributed by atoms with Gasteiger partial charge in [0.1, 0.15) is 0 Å². The van der Waals surface area contributed by atoms with Crippen LogP contribution < -0.4 is 5.32 Å². The molecule has 1 atom stereocenters. The van der Waals surface area contributed by atoms with Crippen molar-refractivity contribution in [3.8, 4) is 0 Å². The summed E-state index contributed by atoms with van der Waals surface area (Å²) in [5.41, 5.74) is 2.08. The molecule has 2 rings (SSSR count). The van der Waals surface area contributed by atoms with Gasteiger partial charge < -0.3 is 10.2 Å². The number of amides is 1. The summed E-state index contributed by atoms with van der Waals surface area (Å²) in [6, 6.07) is 8.30. The summed E-state index contributed by atoms with van der Waals surface area (Å²) in [6.07, 6.45) is 0. The molecule has 1 aromatic carbocycles. The topological polar surface area (TPSA) is 32.3 Å². The van der Waals surface area contributed by atoms with Gasteiger partial charge in [0.15, 0.2) is 0 Å². The number of hydrogen-bond acceptors (Lipinski definition) is 2. The summed E-state index contributed by atoms with van der Waals surface area (Å²) in [4.78, 5) is 14.3. The van der Waals surface area contributed by atoms with Crippen molar-refractivity contribution in [1.29, 1.82) is 0 Å². The lowest BCUT2D eigenvalue weighted by atomic mass is 10.0. The maximum absolute atomic E-state index is 12.4. The number of hydrogen-bond donors (Lipinski definition) is 1. The highest BCUT2D eigenvalue weighted by atomic mass is 16.2. The van der Waals surface area contributed by atoms with Crippen molar-refractivity contribution in [3.63, 3.8) is 0 Å². The highest BCUT2D eigenvalue weighted by molar-refractivity contribution is 5.94. The average molecular weight is 246 g/mol. The van der Waals surface area contributed by atoms with Gasteiger partial charge in [-0.3, -0.25) is 4.79 Å². The molecule has 0 aromatic heterocycles. The molecule has 1 aliphatic rings. The van der Waals surface area contributed by atoms with Crippen molar-refractivity contribution < 1.29 is 4.79 Å². The molecular weight excluding hydrogens is 224 g/mol. The Labute approximate surface area is 109 Å². The van der Waals surface area contributed by atoms with Crippen molar-refractivity contribution in [3.05, 3.63) is 35.4 Å². The molecule has 0 bridgehead atoms. The quantitative estimate of drug-likeness (QED) is 0.868. The summed E-state index contributed by atoms with van der Waals surface area (Å²) < 4.78 is 0. The SMILES string of the molecule is CC(C)c1ccc(C(=O)N2CCNCC2C)cc1. The fourth-order valence-electron chi connectivity index (χ4n) is 2.32. The fraction of sp³-hybridized carbons (Fsp3) is 0.533. The van der Waals surface area contributed by atoms with Crippen LogP contribution in [0.25, 0.3) is 0 Å². The third kappa shape index (κ3) is 2.72. The minimum atomic E-state index is 0.152. The normalized spacial score (nSPS) is 20.2. The van der Waals surface area contributed by atoms with Crippen molar-refractivity contribution in [2.45, 2.75) is 32.7 Å². The van der Waals surface area contributed by atoms with Crippen LogP contribution in [0.2, 0.25) is 0 Å². The van der Waals surface area contributed by atoms with Crippen molar-refractivity contribution >= 4 is 5.91 Å². The Morgan fingerprint density at radius 3 is 2.56 bits per heavy atom. The summed E-state index contributed by atoms with van der Waals surface area (Å²) in [5, 5.41) is 3.30. The van der Waals surface area contributed by atoms with Crippen LogP contribution in [0.1, 0.15) is 42.6 Å². The van der Waals surface area contributed by atoms with Crippen LogP contribution in [0, 0.1) is 0 Å². The van der Waals surface area contributed by atoms with Gasteiger partial charge in [0.05, 0.1) is 0 Å². The van der Waals surface area contributed by atoms with Crippen LogP contribution in [-0.4, -0.2) is 36.5 Å². The molecule has 3 nitrogen and oxygen atoms in total. The molecule has 0 saturated carbocycles. The largest absolute Gasteiger partial charge is 0.333 e. The second kappa shape index (κ2) is 5.53. The Hall–Kier alpha value is -1.35. The number of piperazine rings is 1. The lowest BCUT2D eigenvalue weighted by molar-refractivity contribution is 0.0656. The first-order valence-corrected chi connectivity index (χ1v) is 6.71. The van der Waals surface area contributed by atoms with Crippen LogP contribution in [-0.2, 0) is 0 Å². The summed E-state index contributed by atoms with van der Waals surface area (Å²) >= 11 is 0. The Morgan fingerprint density at radius 1 is 1.33 bits per heavy atom. The summed E-state index contributed by atoms with van der Waals surface area (Å²) in [6.45, 7) is 8.98. The molecule has 1 saturated heterocycles. The number of nitrogens with zero attached hydrogens (tertiary/aromatic N) is 1. The first-order chi connectivity index (χ1) is 8.59. The van der Waals surface area contributed by atoms with Crippen molar-refractivity contribution in [2.24, 2.45) is 0 Å². The van der Waals surface area contributed by atoms with Crippen LogP contribution in [0.3, 0.4) is 0 Å². The monoisotopic (exact) mass is 246 g/mol. The van der Waals surface area contributed by atoms with E-state index in [0.29, 0.717) is 5.92 Å². The first kappa shape index (κ1) is 13.1. The van der Waals surface area contributed by atoms with Crippen molar-refractivity contribution in [1.82, 2.24) is 10.2 Å². The van der Waals surface area contributed by atoms with Gasteiger partial charge in [0.25, 0.3) is 5.91 Å². The molecule has 1 heterocycles. The van der Waals surface area contributed by atoms with E-state index in [1.165, 1.54) is 5.56 Å². The van der Waals surface area contributed by atoms with Crippen LogP contribution in [0.5, 0.6) is 0 Å². The van der Waals surface area contributed by atoms with Crippen LogP contribution in [0.4, 0.5) is 0 Å². The molecule has 1 amide bonds. The maximum atomic E-state index is 12.4. The highest BCUT2D eigenvalue weighted by Gasteiger charge is 2.23. The minimum Gasteiger partial charge on any atom is -0.333 e. The smallest absolute Gasteiger partial charge is 0.254 e. The number of nitrogens with one attached hydrogen (secondary N) is 1. The van der Waals surface area contributed by atoms with Gasteiger partial charge in [-0.25, -0.2) is 0 Å². The zero-order valence-electron chi connectivity index (χ0n) is 11.4. The molecule has 1 aliphatic heterocycles. The maximum Gasteiger partial charge on any atom is 0.254 e. The molecule has 1 fully saturated rings. The third-order valence-corrected chi connectivity index (χ3v) is 3.59. The second-order valence-corrected chi connectivity index (χ2v) is 5.33. The van der Waals surface area contributed by atoms with Gasteiger partial charge in [-0.15, -0.1) is 0 Å². The van der Waals surface area contributed by atoms with Gasteiger partial charge in [0.2, 0.25) is 0 Å². The van der Waals surface area contributed by atoms with Gasteiger partial charge in [0, 0.05) is 31.2 Å². The van der Waals surface area contributed by atoms with Crippen molar-refractivity contribution in [2.75, 3.05) is 19.6 Å². The second-order valence-electron chi connectivity index (χ2n) is 5.33. The molecule has 1 aromatic rings. The number of carbonyl (C=O) groups excluding carboxylic acids is 1. The average Bonchev–Trinajstić information content (AvgIpc) is 2.38. The van der Waals surface area contributed by atoms with E-state index in [-0.39, 0.29) is 11.9 Å². The highest BCUT2D eigenvalue weighted by Crippen LogP contribution is 2.16. The molecule has 0 spiro atoms. The van der Waals surface area contributed by atoms with Crippen LogP contribution in [0.15, 0.2) is 24.3 Å². The van der Waals surface area contributed by atoms with E-state index in [2.05, 4.69) is 38.2 Å². The number of carbonyl (C=O) groups is 1.